The summed E-state index contributed by atoms with van der Waals surface area (Å²) >= 11 is 0. The molecule has 0 aromatic heterocycles. The molecule has 0 unspecified atom stereocenters. The van der Waals surface area contributed by atoms with E-state index < -0.39 is 9.84 Å². The maximum atomic E-state index is 11.4. The van der Waals surface area contributed by atoms with Crippen molar-refractivity contribution in [2.75, 3.05) is 57.8 Å². The molecular weight excluding hydrogens is 214 g/mol. The minimum Gasteiger partial charge on any atom is -0.329 e. The molecule has 0 bridgehead atoms. The molecule has 1 aliphatic heterocycles. The quantitative estimate of drug-likeness (QED) is 0.635. The average Bonchev–Trinajstić information content (AvgIpc) is 2.17. The van der Waals surface area contributed by atoms with Gasteiger partial charge in [-0.3, -0.25) is 4.90 Å². The van der Waals surface area contributed by atoms with E-state index >= 15 is 0 Å². The molecule has 1 rings (SSSR count). The Labute approximate surface area is 92.1 Å². The first-order valence-corrected chi connectivity index (χ1v) is 7.17. The summed E-state index contributed by atoms with van der Waals surface area (Å²) in [6.07, 6.45) is 0. The van der Waals surface area contributed by atoms with Crippen LogP contribution < -0.4 is 5.73 Å². The number of piperazine rings is 1. The first-order chi connectivity index (χ1) is 7.03. The number of sulfone groups is 1. The summed E-state index contributed by atoms with van der Waals surface area (Å²) in [6, 6.07) is 0. The Kier molecular flexibility index (Phi) is 4.98. The van der Waals surface area contributed by atoms with Gasteiger partial charge in [-0.15, -0.1) is 0 Å². The number of nitrogens with zero attached hydrogens (tertiary/aromatic N) is 2. The van der Waals surface area contributed by atoms with Gasteiger partial charge in [-0.1, -0.05) is 0 Å². The molecule has 0 amide bonds. The van der Waals surface area contributed by atoms with Crippen LogP contribution in [0.15, 0.2) is 0 Å². The van der Waals surface area contributed by atoms with E-state index in [2.05, 4.69) is 16.8 Å². The predicted octanol–water partition coefficient (Wildman–Crippen LogP) is -1.39. The maximum absolute atomic E-state index is 11.4. The van der Waals surface area contributed by atoms with E-state index in [-0.39, 0.29) is 18.1 Å². The standard InChI is InChI=1S/C9H21N3O2S/c1-11-3-5-12(6-4-11)7-9-15(13,14)8-2-10/h2-10H2,1H3. The van der Waals surface area contributed by atoms with Crippen molar-refractivity contribution in [2.45, 2.75) is 0 Å². The van der Waals surface area contributed by atoms with Gasteiger partial charge in [0, 0.05) is 39.3 Å². The normalized spacial score (nSPS) is 20.7. The summed E-state index contributed by atoms with van der Waals surface area (Å²) in [6.45, 7) is 4.86. The van der Waals surface area contributed by atoms with Crippen molar-refractivity contribution in [3.63, 3.8) is 0 Å². The van der Waals surface area contributed by atoms with Crippen LogP contribution in [-0.2, 0) is 9.84 Å². The number of nitrogens with two attached hydrogens (primary N) is 1. The molecule has 6 heteroatoms. The van der Waals surface area contributed by atoms with Crippen molar-refractivity contribution >= 4 is 9.84 Å². The Morgan fingerprint density at radius 2 is 1.73 bits per heavy atom. The highest BCUT2D eigenvalue weighted by molar-refractivity contribution is 7.91. The Hall–Kier alpha value is -0.170. The summed E-state index contributed by atoms with van der Waals surface area (Å²) in [5.74, 6) is 0.356. The molecule has 0 spiro atoms. The van der Waals surface area contributed by atoms with Gasteiger partial charge >= 0.3 is 0 Å². The smallest absolute Gasteiger partial charge is 0.152 e. The molecule has 0 aromatic rings. The van der Waals surface area contributed by atoms with Crippen molar-refractivity contribution in [3.8, 4) is 0 Å². The van der Waals surface area contributed by atoms with Crippen LogP contribution >= 0.6 is 0 Å². The molecule has 5 nitrogen and oxygen atoms in total. The first kappa shape index (κ1) is 12.9. The van der Waals surface area contributed by atoms with Crippen molar-refractivity contribution in [3.05, 3.63) is 0 Å². The molecule has 0 saturated carbocycles. The van der Waals surface area contributed by atoms with Crippen LogP contribution in [0.1, 0.15) is 0 Å². The molecule has 1 aliphatic rings. The van der Waals surface area contributed by atoms with Crippen molar-refractivity contribution in [1.29, 1.82) is 0 Å². The molecule has 0 radical (unpaired) electrons. The number of hydrogen-bond acceptors (Lipinski definition) is 5. The van der Waals surface area contributed by atoms with Gasteiger partial charge in [0.15, 0.2) is 9.84 Å². The fourth-order valence-electron chi connectivity index (χ4n) is 1.62. The lowest BCUT2D eigenvalue weighted by molar-refractivity contribution is 0.161. The zero-order valence-electron chi connectivity index (χ0n) is 9.35. The van der Waals surface area contributed by atoms with E-state index in [1.807, 2.05) is 0 Å². The van der Waals surface area contributed by atoms with Crippen molar-refractivity contribution in [2.24, 2.45) is 5.73 Å². The van der Waals surface area contributed by atoms with Crippen molar-refractivity contribution in [1.82, 2.24) is 9.80 Å². The van der Waals surface area contributed by atoms with Gasteiger partial charge in [-0.2, -0.15) is 0 Å². The second kappa shape index (κ2) is 5.79. The van der Waals surface area contributed by atoms with Crippen LogP contribution in [-0.4, -0.2) is 76.0 Å². The summed E-state index contributed by atoms with van der Waals surface area (Å²) in [5, 5.41) is 0. The van der Waals surface area contributed by atoms with E-state index in [1.165, 1.54) is 0 Å². The fourth-order valence-corrected chi connectivity index (χ4v) is 2.72. The lowest BCUT2D eigenvalue weighted by Crippen LogP contribution is -2.46. The summed E-state index contributed by atoms with van der Waals surface area (Å²) < 4.78 is 22.8. The molecule has 90 valence electrons. The zero-order valence-corrected chi connectivity index (χ0v) is 10.2. The van der Waals surface area contributed by atoms with Gasteiger partial charge in [-0.25, -0.2) is 8.42 Å². The predicted molar refractivity (Wildman–Crippen MR) is 61.6 cm³/mol. The van der Waals surface area contributed by atoms with Crippen molar-refractivity contribution < 1.29 is 8.42 Å². The highest BCUT2D eigenvalue weighted by Gasteiger charge is 2.16. The second-order valence-electron chi connectivity index (χ2n) is 4.09. The second-order valence-corrected chi connectivity index (χ2v) is 6.39. The summed E-state index contributed by atoms with van der Waals surface area (Å²) in [5.41, 5.74) is 5.24. The molecule has 15 heavy (non-hydrogen) atoms. The van der Waals surface area contributed by atoms with Crippen LogP contribution in [0.5, 0.6) is 0 Å². The molecule has 0 aliphatic carbocycles. The Balaban J connectivity index is 2.25. The number of rotatable bonds is 5. The molecule has 1 heterocycles. The van der Waals surface area contributed by atoms with Gasteiger partial charge < -0.3 is 10.6 Å². The van der Waals surface area contributed by atoms with Gasteiger partial charge in [0.05, 0.1) is 11.5 Å². The van der Waals surface area contributed by atoms with Gasteiger partial charge in [0.25, 0.3) is 0 Å². The minimum absolute atomic E-state index is 0.112. The maximum Gasteiger partial charge on any atom is 0.152 e. The monoisotopic (exact) mass is 235 g/mol. The lowest BCUT2D eigenvalue weighted by Gasteiger charge is -2.32. The molecule has 0 aromatic carbocycles. The third-order valence-electron chi connectivity index (χ3n) is 2.74. The van der Waals surface area contributed by atoms with E-state index in [1.54, 1.807) is 0 Å². The van der Waals surface area contributed by atoms with E-state index in [4.69, 9.17) is 5.73 Å². The van der Waals surface area contributed by atoms with Crippen LogP contribution in [0.2, 0.25) is 0 Å². The first-order valence-electron chi connectivity index (χ1n) is 5.35. The topological polar surface area (TPSA) is 66.6 Å². The average molecular weight is 235 g/mol. The van der Waals surface area contributed by atoms with Gasteiger partial charge in [0.1, 0.15) is 0 Å². The number of hydrogen-bond donors (Lipinski definition) is 1. The van der Waals surface area contributed by atoms with E-state index in [0.717, 1.165) is 26.2 Å². The Morgan fingerprint density at radius 3 is 2.27 bits per heavy atom. The summed E-state index contributed by atoms with van der Waals surface area (Å²) in [7, 11) is -0.839. The third-order valence-corrected chi connectivity index (χ3v) is 4.41. The van der Waals surface area contributed by atoms with Gasteiger partial charge in [0.2, 0.25) is 0 Å². The minimum atomic E-state index is -2.92. The lowest BCUT2D eigenvalue weighted by atomic mass is 10.3. The molecular formula is C9H21N3O2S. The fraction of sp³-hybridized carbons (Fsp3) is 1.00. The molecule has 0 atom stereocenters. The highest BCUT2D eigenvalue weighted by atomic mass is 32.2. The van der Waals surface area contributed by atoms with Crippen LogP contribution in [0.25, 0.3) is 0 Å². The molecule has 2 N–H and O–H groups in total. The van der Waals surface area contributed by atoms with Crippen LogP contribution in [0.3, 0.4) is 0 Å². The molecule has 1 saturated heterocycles. The number of likely N-dealkylation sites (N-methyl/N-ethyl adjacent to an activating group) is 1. The Bertz CT molecular complexity index is 271. The summed E-state index contributed by atoms with van der Waals surface area (Å²) in [4.78, 5) is 4.46. The Morgan fingerprint density at radius 1 is 1.13 bits per heavy atom. The van der Waals surface area contributed by atoms with Crippen LogP contribution in [0, 0.1) is 0 Å². The molecule has 1 fully saturated rings. The van der Waals surface area contributed by atoms with Gasteiger partial charge in [-0.05, 0) is 7.05 Å². The largest absolute Gasteiger partial charge is 0.329 e. The highest BCUT2D eigenvalue weighted by Crippen LogP contribution is 2.00. The van der Waals surface area contributed by atoms with E-state index in [9.17, 15) is 8.42 Å². The zero-order chi connectivity index (χ0) is 11.3. The third kappa shape index (κ3) is 4.92. The van der Waals surface area contributed by atoms with E-state index in [0.29, 0.717) is 6.54 Å². The van der Waals surface area contributed by atoms with Crippen LogP contribution in [0.4, 0.5) is 0 Å². The SMILES string of the molecule is CN1CCN(CCS(=O)(=O)CCN)CC1.